The van der Waals surface area contributed by atoms with Crippen molar-refractivity contribution in [2.75, 3.05) is 25.1 Å². The lowest BCUT2D eigenvalue weighted by atomic mass is 9.96. The maximum atomic E-state index is 12.5. The molecule has 0 atom stereocenters. The molecule has 7 nitrogen and oxygen atoms in total. The van der Waals surface area contributed by atoms with Crippen molar-refractivity contribution >= 4 is 23.5 Å². The Labute approximate surface area is 180 Å². The largest absolute Gasteiger partial charge is 0.497 e. The third kappa shape index (κ3) is 4.74. The lowest BCUT2D eigenvalue weighted by Crippen LogP contribution is -2.40. The number of rotatable bonds is 6. The highest BCUT2D eigenvalue weighted by molar-refractivity contribution is 6.30. The second kappa shape index (κ2) is 9.17. The van der Waals surface area contributed by atoms with Crippen LogP contribution in [0.2, 0.25) is 5.02 Å². The minimum Gasteiger partial charge on any atom is -0.497 e. The molecule has 1 N–H and O–H groups in total. The number of halogens is 1. The lowest BCUT2D eigenvalue weighted by molar-refractivity contribution is -0.125. The van der Waals surface area contributed by atoms with Gasteiger partial charge in [0.2, 0.25) is 11.8 Å². The van der Waals surface area contributed by atoms with Crippen LogP contribution < -0.4 is 15.0 Å². The minimum absolute atomic E-state index is 0.0162. The van der Waals surface area contributed by atoms with Crippen molar-refractivity contribution in [2.45, 2.75) is 19.4 Å². The number of carbonyl (C=O) groups is 1. The fraction of sp³-hybridized carbons (Fsp3) is 0.318. The quantitative estimate of drug-likeness (QED) is 0.643. The summed E-state index contributed by atoms with van der Waals surface area (Å²) in [5, 5.41) is 12.0. The number of amides is 1. The van der Waals surface area contributed by atoms with Crippen LogP contribution in [0.1, 0.15) is 18.4 Å². The molecule has 30 heavy (non-hydrogen) atoms. The van der Waals surface area contributed by atoms with Crippen molar-refractivity contribution in [3.8, 4) is 17.2 Å². The number of anilines is 1. The zero-order chi connectivity index (χ0) is 20.9. The van der Waals surface area contributed by atoms with Crippen molar-refractivity contribution in [1.82, 2.24) is 15.5 Å². The van der Waals surface area contributed by atoms with Gasteiger partial charge in [-0.15, -0.1) is 5.10 Å². The van der Waals surface area contributed by atoms with Crippen LogP contribution in [0.3, 0.4) is 0 Å². The van der Waals surface area contributed by atoms with Gasteiger partial charge in [-0.3, -0.25) is 4.79 Å². The first-order valence-electron chi connectivity index (χ1n) is 9.87. The number of hydrogen-bond acceptors (Lipinski definition) is 6. The molecule has 1 aliphatic heterocycles. The topological polar surface area (TPSA) is 80.5 Å². The second-order valence-electron chi connectivity index (χ2n) is 7.22. The van der Waals surface area contributed by atoms with Crippen LogP contribution in [-0.2, 0) is 11.3 Å². The molecule has 0 unspecified atom stereocenters. The molecule has 1 aliphatic rings. The van der Waals surface area contributed by atoms with Crippen molar-refractivity contribution in [1.29, 1.82) is 0 Å². The maximum absolute atomic E-state index is 12.5. The molecular weight excluding hydrogens is 404 g/mol. The number of methoxy groups -OCH3 is 1. The van der Waals surface area contributed by atoms with E-state index >= 15 is 0 Å². The number of nitrogens with zero attached hydrogens (tertiary/aromatic N) is 3. The van der Waals surface area contributed by atoms with Gasteiger partial charge in [0.05, 0.1) is 7.11 Å². The first kappa shape index (κ1) is 20.2. The summed E-state index contributed by atoms with van der Waals surface area (Å²) in [7, 11) is 1.63. The summed E-state index contributed by atoms with van der Waals surface area (Å²) >= 11 is 5.89. The van der Waals surface area contributed by atoms with Crippen molar-refractivity contribution in [3.05, 3.63) is 59.1 Å². The summed E-state index contributed by atoms with van der Waals surface area (Å²) in [6.07, 6.45) is 1.49. The summed E-state index contributed by atoms with van der Waals surface area (Å²) in [5.41, 5.74) is 1.87. The molecule has 0 aliphatic carbocycles. The summed E-state index contributed by atoms with van der Waals surface area (Å²) in [5.74, 6) is 1.30. The normalized spacial score (nSPS) is 14.5. The van der Waals surface area contributed by atoms with Crippen molar-refractivity contribution < 1.29 is 13.9 Å². The molecule has 156 valence electrons. The number of aromatic nitrogens is 2. The van der Waals surface area contributed by atoms with Crippen LogP contribution in [0.25, 0.3) is 11.5 Å². The van der Waals surface area contributed by atoms with Crippen LogP contribution in [0.15, 0.2) is 52.9 Å². The first-order chi connectivity index (χ1) is 14.6. The molecule has 1 aromatic heterocycles. The van der Waals surface area contributed by atoms with E-state index < -0.39 is 0 Å². The molecular formula is C22H23ClN4O3. The van der Waals surface area contributed by atoms with E-state index in [1.807, 2.05) is 53.4 Å². The second-order valence-corrected chi connectivity index (χ2v) is 7.66. The highest BCUT2D eigenvalue weighted by Crippen LogP contribution is 2.27. The van der Waals surface area contributed by atoms with Gasteiger partial charge in [-0.25, -0.2) is 0 Å². The Morgan fingerprint density at radius 3 is 2.50 bits per heavy atom. The molecule has 3 aromatic rings. The minimum atomic E-state index is -0.0162. The Kier molecular flexibility index (Phi) is 6.18. The van der Waals surface area contributed by atoms with Gasteiger partial charge >= 0.3 is 6.01 Å². The fourth-order valence-corrected chi connectivity index (χ4v) is 3.59. The van der Waals surface area contributed by atoms with E-state index in [0.717, 1.165) is 29.7 Å². The zero-order valence-corrected chi connectivity index (χ0v) is 17.4. The Morgan fingerprint density at radius 1 is 1.13 bits per heavy atom. The number of carbonyl (C=O) groups excluding carboxylic acids is 1. The van der Waals surface area contributed by atoms with Gasteiger partial charge < -0.3 is 19.4 Å². The number of piperidine rings is 1. The summed E-state index contributed by atoms with van der Waals surface area (Å²) in [4.78, 5) is 14.5. The predicted molar refractivity (Wildman–Crippen MR) is 115 cm³/mol. The highest BCUT2D eigenvalue weighted by atomic mass is 35.5. The molecule has 1 saturated heterocycles. The van der Waals surface area contributed by atoms with E-state index in [0.29, 0.717) is 36.6 Å². The Hall–Kier alpha value is -3.06. The molecule has 0 spiro atoms. The third-order valence-corrected chi connectivity index (χ3v) is 5.52. The smallest absolute Gasteiger partial charge is 0.318 e. The van der Waals surface area contributed by atoms with Crippen LogP contribution >= 0.6 is 11.6 Å². The van der Waals surface area contributed by atoms with Gasteiger partial charge in [-0.05, 0) is 54.8 Å². The monoisotopic (exact) mass is 426 g/mol. The SMILES string of the molecule is COc1ccc(-c2nnc(N3CCC(C(=O)NCc4ccc(Cl)cc4)CC3)o2)cc1. The molecule has 1 amide bonds. The van der Waals surface area contributed by atoms with Gasteiger partial charge in [0.1, 0.15) is 5.75 Å². The van der Waals surface area contributed by atoms with Crippen molar-refractivity contribution in [2.24, 2.45) is 5.92 Å². The third-order valence-electron chi connectivity index (χ3n) is 5.27. The van der Waals surface area contributed by atoms with Crippen LogP contribution in [-0.4, -0.2) is 36.3 Å². The lowest BCUT2D eigenvalue weighted by Gasteiger charge is -2.29. The van der Waals surface area contributed by atoms with E-state index in [1.165, 1.54) is 0 Å². The number of hydrogen-bond donors (Lipinski definition) is 1. The summed E-state index contributed by atoms with van der Waals surface area (Å²) < 4.78 is 11.0. The molecule has 2 aromatic carbocycles. The van der Waals surface area contributed by atoms with Gasteiger partial charge in [-0.1, -0.05) is 28.8 Å². The van der Waals surface area contributed by atoms with Crippen molar-refractivity contribution in [3.63, 3.8) is 0 Å². The van der Waals surface area contributed by atoms with Gasteiger partial charge in [0.15, 0.2) is 0 Å². The molecule has 0 radical (unpaired) electrons. The first-order valence-corrected chi connectivity index (χ1v) is 10.2. The molecule has 0 saturated carbocycles. The van der Waals surface area contributed by atoms with Gasteiger partial charge in [-0.2, -0.15) is 0 Å². The molecule has 2 heterocycles. The predicted octanol–water partition coefficient (Wildman–Crippen LogP) is 3.93. The van der Waals surface area contributed by atoms with Crippen LogP contribution in [0, 0.1) is 5.92 Å². The van der Waals surface area contributed by atoms with E-state index in [4.69, 9.17) is 20.8 Å². The number of nitrogens with one attached hydrogen (secondary N) is 1. The molecule has 0 bridgehead atoms. The Balaban J connectivity index is 1.29. The average Bonchev–Trinajstić information content (AvgIpc) is 3.29. The standard InChI is InChI=1S/C22H23ClN4O3/c1-29-19-8-4-17(5-9-19)21-25-26-22(30-21)27-12-10-16(11-13-27)20(28)24-14-15-2-6-18(23)7-3-15/h2-9,16H,10-14H2,1H3,(H,24,28). The van der Waals surface area contributed by atoms with Crippen LogP contribution in [0.5, 0.6) is 5.75 Å². The van der Waals surface area contributed by atoms with Gasteiger partial charge in [0, 0.05) is 36.1 Å². The summed E-state index contributed by atoms with van der Waals surface area (Å²) in [6, 6.07) is 15.4. The number of ether oxygens (including phenoxy) is 1. The Bertz CT molecular complexity index is 980. The Morgan fingerprint density at radius 2 is 1.83 bits per heavy atom. The molecule has 8 heteroatoms. The maximum Gasteiger partial charge on any atom is 0.318 e. The van der Waals surface area contributed by atoms with E-state index in [9.17, 15) is 4.79 Å². The van der Waals surface area contributed by atoms with E-state index in [2.05, 4.69) is 15.5 Å². The number of benzene rings is 2. The van der Waals surface area contributed by atoms with Gasteiger partial charge in [0.25, 0.3) is 0 Å². The zero-order valence-electron chi connectivity index (χ0n) is 16.7. The highest BCUT2D eigenvalue weighted by Gasteiger charge is 2.27. The molecule has 1 fully saturated rings. The van der Waals surface area contributed by atoms with E-state index in [-0.39, 0.29) is 11.8 Å². The van der Waals surface area contributed by atoms with E-state index in [1.54, 1.807) is 7.11 Å². The average molecular weight is 427 g/mol. The summed E-state index contributed by atoms with van der Waals surface area (Å²) in [6.45, 7) is 1.90. The van der Waals surface area contributed by atoms with Crippen LogP contribution in [0.4, 0.5) is 6.01 Å². The molecule has 4 rings (SSSR count). The fourth-order valence-electron chi connectivity index (χ4n) is 3.46.